The molecule has 0 saturated carbocycles. The topological polar surface area (TPSA) is 241 Å². The zero-order chi connectivity index (χ0) is 71.9. The Labute approximate surface area is 602 Å². The van der Waals surface area contributed by atoms with Gasteiger partial charge in [0.2, 0.25) is 0 Å². The summed E-state index contributed by atoms with van der Waals surface area (Å²) in [7, 11) is 0. The molecule has 0 radical (unpaired) electrons. The number of amides is 4. The molecule has 0 aliphatic carbocycles. The van der Waals surface area contributed by atoms with Crippen LogP contribution in [0.4, 0.5) is 0 Å². The van der Waals surface area contributed by atoms with Crippen molar-refractivity contribution in [2.45, 2.75) is 113 Å². The first kappa shape index (κ1) is 70.0. The van der Waals surface area contributed by atoms with Crippen LogP contribution in [-0.2, 0) is 72.2 Å². The maximum Gasteiger partial charge on any atom is 0.272 e. The smallest absolute Gasteiger partial charge is 0.272 e. The molecule has 4 aromatic carbocycles. The number of furan rings is 1. The molecule has 0 bridgehead atoms. The first-order chi connectivity index (χ1) is 50.7. The van der Waals surface area contributed by atoms with E-state index >= 15 is 0 Å². The summed E-state index contributed by atoms with van der Waals surface area (Å²) in [5.74, 6) is 3.98. The minimum absolute atomic E-state index is 0.00490. The average molecular weight is 1400 g/mol. The summed E-state index contributed by atoms with van der Waals surface area (Å²) < 4.78 is 35.5. The maximum atomic E-state index is 12.9. The van der Waals surface area contributed by atoms with Crippen molar-refractivity contribution in [1.29, 1.82) is 0 Å². The lowest BCUT2D eigenvalue weighted by Gasteiger charge is -2.32. The third kappa shape index (κ3) is 17.4. The van der Waals surface area contributed by atoms with E-state index in [1.807, 2.05) is 255 Å². The quantitative estimate of drug-likeness (QED) is 0.0689. The lowest BCUT2D eigenvalue weighted by molar-refractivity contribution is 0.0622. The molecule has 12 heterocycles. The summed E-state index contributed by atoms with van der Waals surface area (Å²) in [5, 5.41) is 18.0. The minimum atomic E-state index is -0.0242. The second kappa shape index (κ2) is 32.9. The number of nitrogens with zero attached hydrogens (tertiary/aromatic N) is 15. The molecule has 16 rings (SSSR count). The summed E-state index contributed by atoms with van der Waals surface area (Å²) in [6, 6.07) is 61.3. The van der Waals surface area contributed by atoms with Crippen molar-refractivity contribution in [3.8, 4) is 23.0 Å². The van der Waals surface area contributed by atoms with Gasteiger partial charge in [-0.15, -0.1) is 0 Å². The summed E-state index contributed by atoms with van der Waals surface area (Å²) in [4.78, 5) is 71.8. The van der Waals surface area contributed by atoms with Crippen molar-refractivity contribution < 1.29 is 42.5 Å². The molecule has 4 aliphatic rings. The van der Waals surface area contributed by atoms with Crippen molar-refractivity contribution in [1.82, 2.24) is 73.7 Å². The van der Waals surface area contributed by atoms with Gasteiger partial charge in [0.05, 0.1) is 63.0 Å². The first-order valence-corrected chi connectivity index (χ1v) is 34.7. The Balaban J connectivity index is 0.000000123. The number of para-hydroxylation sites is 4. The maximum absolute atomic E-state index is 12.9. The molecule has 4 aliphatic heterocycles. The van der Waals surface area contributed by atoms with Gasteiger partial charge in [0, 0.05) is 62.1 Å². The number of hydrogen-bond donors (Lipinski definition) is 0. The second-order valence-electron chi connectivity index (χ2n) is 25.5. The number of ether oxygens (including phenoxy) is 4. The van der Waals surface area contributed by atoms with Gasteiger partial charge in [-0.25, -0.2) is 0 Å². The molecule has 8 aromatic heterocycles. The molecule has 1 unspecified atom stereocenters. The standard InChI is InChI=1S/3C20H20N4O2.C20H21N3O3/c2*1-15-6-5-7-16(21-15)13-23-10-11-24-19(20(23)25)12-17(22-24)14-26-18-8-3-2-4-9-18;1-15(16-6-5-9-21-13-16)23-10-11-24-19(20(23)25)12-17(22-24)14-26-18-7-3-2-4-8-18;1-14-12-25-15(2)18(14)11-22-8-9-23-19(20(22)24)10-16(21-23)13-26-17-6-4-3-5-7-17/h2*2-9,12H,10-11,13-14H2,1H3;2-9,12-13,15H,10-11,14H2,1H3;3-7,10,12H,8-9,11,13H2,1-2H3. The highest BCUT2D eigenvalue weighted by atomic mass is 16.5. The number of rotatable bonds is 20. The zero-order valence-corrected chi connectivity index (χ0v) is 58.8. The number of pyridine rings is 3. The molecule has 4 amide bonds. The summed E-state index contributed by atoms with van der Waals surface area (Å²) in [5.41, 5.74) is 12.4. The molecule has 0 fully saturated rings. The van der Waals surface area contributed by atoms with Crippen LogP contribution in [0.2, 0.25) is 0 Å². The van der Waals surface area contributed by atoms with E-state index in [0.717, 1.165) is 91.0 Å². The number of fused-ring (bicyclic) bond motifs is 4. The van der Waals surface area contributed by atoms with Gasteiger partial charge in [-0.1, -0.05) is 91.0 Å². The summed E-state index contributed by atoms with van der Waals surface area (Å²) in [6.07, 6.45) is 5.29. The van der Waals surface area contributed by atoms with Crippen LogP contribution in [0.5, 0.6) is 23.0 Å². The Morgan fingerprint density at radius 2 is 0.760 bits per heavy atom. The second-order valence-corrected chi connectivity index (χ2v) is 25.5. The Morgan fingerprint density at radius 3 is 1.11 bits per heavy atom. The highest BCUT2D eigenvalue weighted by Crippen LogP contribution is 2.28. The largest absolute Gasteiger partial charge is 0.487 e. The van der Waals surface area contributed by atoms with E-state index in [9.17, 15) is 19.2 Å². The van der Waals surface area contributed by atoms with Gasteiger partial charge in [0.25, 0.3) is 23.6 Å². The molecule has 12 aromatic rings. The molecule has 0 spiro atoms. The third-order valence-corrected chi connectivity index (χ3v) is 18.0. The predicted octanol–water partition coefficient (Wildman–Crippen LogP) is 12.0. The van der Waals surface area contributed by atoms with E-state index in [2.05, 4.69) is 35.3 Å². The molecule has 530 valence electrons. The fourth-order valence-electron chi connectivity index (χ4n) is 12.5. The van der Waals surface area contributed by atoms with Crippen LogP contribution >= 0.6 is 0 Å². The van der Waals surface area contributed by atoms with E-state index in [1.54, 1.807) is 31.2 Å². The SMILES string of the molecule is CC(c1cccnc1)N1CCn2nc(COc3ccccc3)cc2C1=O.Cc1cccc(CN2CCn3nc(COc4ccccc4)cc3C2=O)n1.Cc1cccc(CN2CCn3nc(COc4ccccc4)cc3C2=O)n1.Cc1coc(C)c1CN1CCn2nc(COc3ccccc3)cc2C1=O. The minimum Gasteiger partial charge on any atom is -0.487 e. The summed E-state index contributed by atoms with van der Waals surface area (Å²) >= 11 is 0. The van der Waals surface area contributed by atoms with Crippen LogP contribution < -0.4 is 18.9 Å². The van der Waals surface area contributed by atoms with Gasteiger partial charge in [-0.05, 0) is 149 Å². The fraction of sp³-hybridized carbons (Fsp3) is 0.263. The number of hydrogen-bond acceptors (Lipinski definition) is 16. The Kier molecular flexibility index (Phi) is 22.1. The highest BCUT2D eigenvalue weighted by molar-refractivity contribution is 5.95. The fourth-order valence-corrected chi connectivity index (χ4v) is 12.5. The number of benzene rings is 4. The van der Waals surface area contributed by atoms with Crippen LogP contribution in [0.3, 0.4) is 0 Å². The van der Waals surface area contributed by atoms with Crippen LogP contribution in [0.25, 0.3) is 0 Å². The van der Waals surface area contributed by atoms with Crippen molar-refractivity contribution in [3.63, 3.8) is 0 Å². The van der Waals surface area contributed by atoms with Crippen LogP contribution in [0.1, 0.15) is 123 Å². The van der Waals surface area contributed by atoms with Crippen LogP contribution in [0.15, 0.2) is 217 Å². The Morgan fingerprint density at radius 1 is 0.394 bits per heavy atom. The normalized spacial score (nSPS) is 13.9. The van der Waals surface area contributed by atoms with Crippen LogP contribution in [-0.4, -0.2) is 123 Å². The van der Waals surface area contributed by atoms with Crippen molar-refractivity contribution in [2.24, 2.45) is 0 Å². The number of aromatic nitrogens is 11. The monoisotopic (exact) mass is 1400 g/mol. The predicted molar refractivity (Wildman–Crippen MR) is 386 cm³/mol. The third-order valence-electron chi connectivity index (χ3n) is 18.0. The van der Waals surface area contributed by atoms with Gasteiger partial charge in [0.15, 0.2) is 0 Å². The van der Waals surface area contributed by atoms with Gasteiger partial charge >= 0.3 is 0 Å². The number of aryl methyl sites for hydroxylation is 4. The van der Waals surface area contributed by atoms with Crippen LogP contribution in [0, 0.1) is 27.7 Å². The first-order valence-electron chi connectivity index (χ1n) is 34.7. The van der Waals surface area contributed by atoms with E-state index in [0.29, 0.717) is 121 Å². The Bertz CT molecular complexity index is 4710. The van der Waals surface area contributed by atoms with Gasteiger partial charge in [-0.3, -0.25) is 52.9 Å². The van der Waals surface area contributed by atoms with Gasteiger partial charge < -0.3 is 43.0 Å². The number of carbonyl (C=O) groups excluding carboxylic acids is 4. The zero-order valence-electron chi connectivity index (χ0n) is 58.8. The van der Waals surface area contributed by atoms with Crippen molar-refractivity contribution in [3.05, 3.63) is 304 Å². The molecule has 0 N–H and O–H groups in total. The van der Waals surface area contributed by atoms with E-state index < -0.39 is 0 Å². The molecule has 24 nitrogen and oxygen atoms in total. The van der Waals surface area contributed by atoms with E-state index in [1.165, 1.54) is 0 Å². The van der Waals surface area contributed by atoms with Crippen molar-refractivity contribution >= 4 is 23.6 Å². The Hall–Kier alpha value is -12.5. The molecular formula is C80H81N15O9. The van der Waals surface area contributed by atoms with E-state index in [4.69, 9.17) is 23.4 Å². The summed E-state index contributed by atoms with van der Waals surface area (Å²) in [6.45, 7) is 18.1. The highest BCUT2D eigenvalue weighted by Gasteiger charge is 2.33. The molecular weight excluding hydrogens is 1310 g/mol. The van der Waals surface area contributed by atoms with E-state index in [-0.39, 0.29) is 29.7 Å². The molecule has 0 saturated heterocycles. The molecule has 1 atom stereocenters. The van der Waals surface area contributed by atoms with Gasteiger partial charge in [-0.2, -0.15) is 20.4 Å². The average Bonchev–Trinajstić information content (AvgIpc) is 1.63. The lowest BCUT2D eigenvalue weighted by Crippen LogP contribution is -2.41. The lowest BCUT2D eigenvalue weighted by atomic mass is 10.1. The van der Waals surface area contributed by atoms with Crippen molar-refractivity contribution in [2.75, 3.05) is 26.2 Å². The molecule has 24 heteroatoms. The van der Waals surface area contributed by atoms with Gasteiger partial charge in [0.1, 0.15) is 101 Å². The number of carbonyl (C=O) groups is 4. The molecule has 104 heavy (non-hydrogen) atoms.